The quantitative estimate of drug-likeness (QED) is 0.623. The molecule has 0 saturated carbocycles. The Morgan fingerprint density at radius 1 is 0.720 bits per heavy atom. The summed E-state index contributed by atoms with van der Waals surface area (Å²) in [6.45, 7) is 9.37. The van der Waals surface area contributed by atoms with Crippen LogP contribution >= 0.6 is 0 Å². The molecule has 0 heterocycles. The molecule has 0 spiro atoms. The Balaban J connectivity index is 0.00000113. The predicted molar refractivity (Wildman–Crippen MR) is 94.0 cm³/mol. The monoisotopic (exact) mass is 404 g/mol. The van der Waals surface area contributed by atoms with Crippen molar-refractivity contribution in [2.75, 3.05) is 0 Å². The van der Waals surface area contributed by atoms with E-state index in [0.29, 0.717) is 10.1 Å². The second kappa shape index (κ2) is 7.84. The van der Waals surface area contributed by atoms with Gasteiger partial charge >= 0.3 is 148 Å². The number of benzene rings is 2. The number of fused-ring (bicyclic) bond motifs is 3. The summed E-state index contributed by atoms with van der Waals surface area (Å²) in [6, 6.07) is 18.1. The average molecular weight is 405 g/mol. The maximum Gasteiger partial charge on any atom is -1.00 e. The third kappa shape index (κ3) is 3.19. The minimum absolute atomic E-state index is 0. The van der Waals surface area contributed by atoms with Gasteiger partial charge in [0.1, 0.15) is 0 Å². The molecule has 2 aliphatic rings. The zero-order valence-electron chi connectivity index (χ0n) is 15.0. The van der Waals surface area contributed by atoms with Crippen LogP contribution in [0.25, 0.3) is 11.1 Å². The van der Waals surface area contributed by atoms with Gasteiger partial charge in [-0.15, -0.1) is 0 Å². The van der Waals surface area contributed by atoms with Crippen molar-refractivity contribution >= 4 is 0 Å². The summed E-state index contributed by atoms with van der Waals surface area (Å²) >= 11 is -0.221. The molecule has 0 aliphatic heterocycles. The number of allylic oxidation sites excluding steroid dienone is 4. The van der Waals surface area contributed by atoms with E-state index >= 15 is 0 Å². The minimum atomic E-state index is -0.221. The molecule has 2 aliphatic carbocycles. The summed E-state index contributed by atoms with van der Waals surface area (Å²) in [6.07, 6.45) is 0. The molecule has 128 valence electrons. The number of halogens is 2. The Morgan fingerprint density at radius 3 is 1.64 bits per heavy atom. The third-order valence-corrected chi connectivity index (χ3v) is 8.94. The first-order chi connectivity index (χ1) is 11.1. The van der Waals surface area contributed by atoms with E-state index in [4.69, 9.17) is 0 Å². The first-order valence-electron chi connectivity index (χ1n) is 8.43. The maximum atomic E-state index is 2.40. The second-order valence-electron chi connectivity index (χ2n) is 6.82. The van der Waals surface area contributed by atoms with Crippen LogP contribution < -0.4 is 24.8 Å². The van der Waals surface area contributed by atoms with E-state index in [2.05, 4.69) is 76.2 Å². The SMILES string of the molecule is CC1=C(C)C(C)[C]([Ti+2][CH]2c3ccccc3-c3ccccc32)=C1C.[Cl-].[Cl-]. The van der Waals surface area contributed by atoms with Gasteiger partial charge in [-0.3, -0.25) is 0 Å². The van der Waals surface area contributed by atoms with E-state index < -0.39 is 0 Å². The predicted octanol–water partition coefficient (Wildman–Crippen LogP) is 0.107. The second-order valence-corrected chi connectivity index (χ2v) is 9.01. The van der Waals surface area contributed by atoms with Crippen molar-refractivity contribution in [1.82, 2.24) is 0 Å². The van der Waals surface area contributed by atoms with E-state index in [0.717, 1.165) is 0 Å². The van der Waals surface area contributed by atoms with Crippen LogP contribution in [-0.4, -0.2) is 0 Å². The normalized spacial score (nSPS) is 18.3. The van der Waals surface area contributed by atoms with E-state index in [1.165, 1.54) is 16.7 Å². The molecule has 4 rings (SSSR count). The van der Waals surface area contributed by atoms with Gasteiger partial charge in [0.2, 0.25) is 0 Å². The van der Waals surface area contributed by atoms with Gasteiger partial charge in [-0.25, -0.2) is 0 Å². The smallest absolute Gasteiger partial charge is 1.00 e. The first-order valence-corrected chi connectivity index (χ1v) is 10.1. The summed E-state index contributed by atoms with van der Waals surface area (Å²) in [5.74, 6) is 0.648. The molecule has 0 fully saturated rings. The molecule has 2 aromatic rings. The zero-order chi connectivity index (χ0) is 16.1. The van der Waals surface area contributed by atoms with Gasteiger partial charge in [-0.1, -0.05) is 0 Å². The average Bonchev–Trinajstić information content (AvgIpc) is 2.99. The van der Waals surface area contributed by atoms with Crippen LogP contribution in [0.15, 0.2) is 69.1 Å². The van der Waals surface area contributed by atoms with Crippen LogP contribution in [0.4, 0.5) is 0 Å². The van der Waals surface area contributed by atoms with Gasteiger partial charge in [-0.05, 0) is 0 Å². The molecule has 1 unspecified atom stereocenters. The van der Waals surface area contributed by atoms with E-state index in [1.807, 2.05) is 0 Å². The van der Waals surface area contributed by atoms with E-state index in [9.17, 15) is 0 Å². The fraction of sp³-hybridized carbons (Fsp3) is 0.273. The van der Waals surface area contributed by atoms with E-state index in [1.54, 1.807) is 26.2 Å². The molecular weight excluding hydrogens is 383 g/mol. The van der Waals surface area contributed by atoms with Crippen molar-refractivity contribution in [3.05, 3.63) is 80.3 Å². The fourth-order valence-corrected chi connectivity index (χ4v) is 7.18. The Hall–Kier alpha value is -0.786. The summed E-state index contributed by atoms with van der Waals surface area (Å²) in [5.41, 5.74) is 10.7. The van der Waals surface area contributed by atoms with Gasteiger partial charge in [0.15, 0.2) is 0 Å². The molecule has 0 radical (unpaired) electrons. The number of rotatable bonds is 2. The van der Waals surface area contributed by atoms with Crippen molar-refractivity contribution in [3.63, 3.8) is 0 Å². The molecule has 0 amide bonds. The van der Waals surface area contributed by atoms with Crippen molar-refractivity contribution in [1.29, 1.82) is 0 Å². The standard InChI is InChI=1S/C13H9.C9H13.2ClH.Ti/c1-3-7-12-10(5-1)9-11-6-2-4-8-13(11)12;1-6-5-7(2)9(4)8(6)3;;;/h1-9H;6H,1-4H3;2*1H;/q;;;;+2/p-2. The van der Waals surface area contributed by atoms with Crippen LogP contribution in [-0.2, 0) is 19.2 Å². The molecule has 3 heteroatoms. The summed E-state index contributed by atoms with van der Waals surface area (Å²) < 4.78 is 2.39. The summed E-state index contributed by atoms with van der Waals surface area (Å²) in [4.78, 5) is 0. The summed E-state index contributed by atoms with van der Waals surface area (Å²) in [7, 11) is 0. The molecule has 2 aromatic carbocycles. The fourth-order valence-electron chi connectivity index (χ4n) is 4.06. The topological polar surface area (TPSA) is 0 Å². The van der Waals surface area contributed by atoms with Gasteiger partial charge < -0.3 is 24.8 Å². The largest absolute Gasteiger partial charge is 1.00 e. The van der Waals surface area contributed by atoms with Gasteiger partial charge in [-0.2, -0.15) is 0 Å². The van der Waals surface area contributed by atoms with Gasteiger partial charge in [0.25, 0.3) is 0 Å². The molecule has 0 saturated heterocycles. The molecule has 1 atom stereocenters. The molecular formula is C22H22Cl2Ti. The molecule has 0 aromatic heterocycles. The Bertz CT molecular complexity index is 818. The van der Waals surface area contributed by atoms with Crippen molar-refractivity contribution in [2.24, 2.45) is 5.92 Å². The maximum absolute atomic E-state index is 2.40. The van der Waals surface area contributed by atoms with Crippen LogP contribution in [0, 0.1) is 5.92 Å². The Kier molecular flexibility index (Phi) is 6.44. The third-order valence-electron chi connectivity index (χ3n) is 5.77. The van der Waals surface area contributed by atoms with Crippen LogP contribution in [0.1, 0.15) is 43.0 Å². The van der Waals surface area contributed by atoms with Gasteiger partial charge in [0, 0.05) is 0 Å². The Morgan fingerprint density at radius 2 is 1.20 bits per heavy atom. The number of hydrogen-bond acceptors (Lipinski definition) is 0. The molecule has 25 heavy (non-hydrogen) atoms. The number of hydrogen-bond donors (Lipinski definition) is 0. The Labute approximate surface area is 172 Å². The van der Waals surface area contributed by atoms with Crippen LogP contribution in [0.5, 0.6) is 0 Å². The van der Waals surface area contributed by atoms with E-state index in [-0.39, 0.29) is 44.0 Å². The molecule has 0 nitrogen and oxygen atoms in total. The molecule has 0 N–H and O–H groups in total. The minimum Gasteiger partial charge on any atom is -1.00 e. The van der Waals surface area contributed by atoms with Gasteiger partial charge in [0.05, 0.1) is 0 Å². The first kappa shape index (κ1) is 20.5. The van der Waals surface area contributed by atoms with Crippen molar-refractivity contribution in [2.45, 2.75) is 31.9 Å². The van der Waals surface area contributed by atoms with Crippen LogP contribution in [0.3, 0.4) is 0 Å². The van der Waals surface area contributed by atoms with Crippen molar-refractivity contribution in [3.8, 4) is 11.1 Å². The van der Waals surface area contributed by atoms with Crippen molar-refractivity contribution < 1.29 is 44.0 Å². The summed E-state index contributed by atoms with van der Waals surface area (Å²) in [5, 5.41) is 0. The zero-order valence-corrected chi connectivity index (χ0v) is 18.1. The van der Waals surface area contributed by atoms with Crippen LogP contribution in [0.2, 0.25) is 0 Å². The molecule has 0 bridgehead atoms.